The molecule has 2 rings (SSSR count). The van der Waals surface area contributed by atoms with Crippen LogP contribution < -0.4 is 0 Å². The maximum absolute atomic E-state index is 12.5. The molecule has 1 aromatic rings. The topological polar surface area (TPSA) is 74.7 Å². The first-order valence-corrected chi connectivity index (χ1v) is 8.09. The summed E-state index contributed by atoms with van der Waals surface area (Å²) in [7, 11) is -3.68. The molecule has 0 spiro atoms. The number of hydrogen-bond acceptors (Lipinski definition) is 4. The van der Waals surface area contributed by atoms with Crippen LogP contribution in [0.5, 0.6) is 0 Å². The summed E-state index contributed by atoms with van der Waals surface area (Å²) in [4.78, 5) is 10.8. The first kappa shape index (κ1) is 13.5. The molecule has 0 saturated carbocycles. The Morgan fingerprint density at radius 1 is 1.50 bits per heavy atom. The molecule has 1 N–H and O–H groups in total. The maximum atomic E-state index is 12.5. The monoisotopic (exact) mass is 289 g/mol. The molecular formula is C11H15NO4S2. The van der Waals surface area contributed by atoms with Gasteiger partial charge in [0.1, 0.15) is 9.77 Å². The second kappa shape index (κ2) is 4.99. The fraction of sp³-hybridized carbons (Fsp3) is 0.545. The lowest BCUT2D eigenvalue weighted by Gasteiger charge is -2.32. The number of aromatic carboxylic acids is 1. The van der Waals surface area contributed by atoms with E-state index in [0.717, 1.165) is 30.6 Å². The van der Waals surface area contributed by atoms with Crippen LogP contribution in [0.3, 0.4) is 0 Å². The number of piperidine rings is 1. The van der Waals surface area contributed by atoms with Gasteiger partial charge in [-0.2, -0.15) is 4.31 Å². The Bertz CT molecular complexity index is 549. The Morgan fingerprint density at radius 2 is 2.22 bits per heavy atom. The zero-order valence-corrected chi connectivity index (χ0v) is 11.6. The summed E-state index contributed by atoms with van der Waals surface area (Å²) >= 11 is 0.944. The molecule has 5 nitrogen and oxygen atoms in total. The summed E-state index contributed by atoms with van der Waals surface area (Å²) in [5.74, 6) is -1.19. The lowest BCUT2D eigenvalue weighted by Crippen LogP contribution is -2.42. The van der Waals surface area contributed by atoms with Gasteiger partial charge in [0.05, 0.1) is 0 Å². The molecule has 0 aliphatic carbocycles. The Labute approximate surface area is 110 Å². The first-order chi connectivity index (χ1) is 8.44. The van der Waals surface area contributed by atoms with Gasteiger partial charge in [-0.1, -0.05) is 6.42 Å². The van der Waals surface area contributed by atoms with Gasteiger partial charge in [-0.05, 0) is 31.2 Å². The normalized spacial score (nSPS) is 21.9. The lowest BCUT2D eigenvalue weighted by atomic mass is 10.1. The van der Waals surface area contributed by atoms with Gasteiger partial charge in [-0.15, -0.1) is 11.3 Å². The molecule has 0 aromatic carbocycles. The van der Waals surface area contributed by atoms with Crippen LogP contribution in [0.2, 0.25) is 0 Å². The molecule has 1 aliphatic heterocycles. The molecule has 100 valence electrons. The predicted molar refractivity (Wildman–Crippen MR) is 68.5 cm³/mol. The third-order valence-electron chi connectivity index (χ3n) is 3.15. The van der Waals surface area contributed by atoms with Gasteiger partial charge in [-0.3, -0.25) is 0 Å². The smallest absolute Gasteiger partial charge is 0.347 e. The van der Waals surface area contributed by atoms with E-state index in [-0.39, 0.29) is 15.8 Å². The second-order valence-electron chi connectivity index (χ2n) is 4.38. The number of nitrogens with zero attached hydrogens (tertiary/aromatic N) is 1. The van der Waals surface area contributed by atoms with Crippen molar-refractivity contribution < 1.29 is 18.3 Å². The van der Waals surface area contributed by atoms with Gasteiger partial charge in [0.25, 0.3) is 0 Å². The number of sulfonamides is 1. The zero-order valence-electron chi connectivity index (χ0n) is 10.00. The van der Waals surface area contributed by atoms with Crippen molar-refractivity contribution in [1.82, 2.24) is 4.31 Å². The molecule has 1 aromatic heterocycles. The first-order valence-electron chi connectivity index (χ1n) is 5.77. The minimum Gasteiger partial charge on any atom is -0.477 e. The second-order valence-corrected chi connectivity index (χ2v) is 7.15. The van der Waals surface area contributed by atoms with E-state index in [1.807, 2.05) is 6.92 Å². The van der Waals surface area contributed by atoms with E-state index >= 15 is 0 Å². The lowest BCUT2D eigenvalue weighted by molar-refractivity contribution is 0.0698. The number of thiophene rings is 1. The van der Waals surface area contributed by atoms with E-state index in [2.05, 4.69) is 0 Å². The van der Waals surface area contributed by atoms with Crippen LogP contribution in [0.25, 0.3) is 0 Å². The van der Waals surface area contributed by atoms with E-state index in [0.29, 0.717) is 6.54 Å². The van der Waals surface area contributed by atoms with Crippen molar-refractivity contribution in [2.24, 2.45) is 0 Å². The third-order valence-corrected chi connectivity index (χ3v) is 6.24. The maximum Gasteiger partial charge on any atom is 0.347 e. The van der Waals surface area contributed by atoms with Crippen LogP contribution in [-0.4, -0.2) is 36.4 Å². The average Bonchev–Trinajstić information content (AvgIpc) is 2.78. The van der Waals surface area contributed by atoms with Crippen molar-refractivity contribution in [2.45, 2.75) is 37.1 Å². The number of hydrogen-bond donors (Lipinski definition) is 1. The van der Waals surface area contributed by atoms with Crippen molar-refractivity contribution in [3.63, 3.8) is 0 Å². The highest BCUT2D eigenvalue weighted by molar-refractivity contribution is 7.89. The molecule has 0 amide bonds. The standard InChI is InChI=1S/C11H15NO4S2/c1-8-4-2-3-6-12(8)18(15,16)9-5-7-17-10(9)11(13)14/h5,7-8H,2-4,6H2,1H3,(H,13,14)/t8-/m0/s1. The Balaban J connectivity index is 2.41. The highest BCUT2D eigenvalue weighted by Gasteiger charge is 2.34. The van der Waals surface area contributed by atoms with Gasteiger partial charge in [-0.25, -0.2) is 13.2 Å². The predicted octanol–water partition coefficient (Wildman–Crippen LogP) is 2.01. The van der Waals surface area contributed by atoms with Crippen LogP contribution in [0.15, 0.2) is 16.3 Å². The highest BCUT2D eigenvalue weighted by Crippen LogP contribution is 2.29. The van der Waals surface area contributed by atoms with Crippen LogP contribution >= 0.6 is 11.3 Å². The Kier molecular flexibility index (Phi) is 3.74. The van der Waals surface area contributed by atoms with Crippen LogP contribution in [0.1, 0.15) is 35.9 Å². The van der Waals surface area contributed by atoms with Gasteiger partial charge in [0.2, 0.25) is 10.0 Å². The molecule has 18 heavy (non-hydrogen) atoms. The number of carbonyl (C=O) groups is 1. The SMILES string of the molecule is C[C@H]1CCCCN1S(=O)(=O)c1ccsc1C(=O)O. The molecule has 7 heteroatoms. The van der Waals surface area contributed by atoms with Gasteiger partial charge >= 0.3 is 5.97 Å². The highest BCUT2D eigenvalue weighted by atomic mass is 32.2. The van der Waals surface area contributed by atoms with Gasteiger partial charge in [0, 0.05) is 12.6 Å². The van der Waals surface area contributed by atoms with Crippen molar-refractivity contribution in [3.05, 3.63) is 16.3 Å². The van der Waals surface area contributed by atoms with Crippen LogP contribution in [-0.2, 0) is 10.0 Å². The fourth-order valence-corrected chi connectivity index (χ4v) is 5.15. The summed E-state index contributed by atoms with van der Waals surface area (Å²) in [6.07, 6.45) is 2.67. The van der Waals surface area contributed by atoms with E-state index in [4.69, 9.17) is 5.11 Å². The quantitative estimate of drug-likeness (QED) is 0.923. The van der Waals surface area contributed by atoms with Crippen LogP contribution in [0, 0.1) is 0 Å². The van der Waals surface area contributed by atoms with Gasteiger partial charge < -0.3 is 5.11 Å². The summed E-state index contributed by atoms with van der Waals surface area (Å²) in [6, 6.07) is 1.32. The summed E-state index contributed by atoms with van der Waals surface area (Å²) < 4.78 is 26.3. The minimum atomic E-state index is -3.68. The van der Waals surface area contributed by atoms with E-state index < -0.39 is 16.0 Å². The summed E-state index contributed by atoms with van der Waals surface area (Å²) in [5, 5.41) is 10.5. The molecule has 0 unspecified atom stereocenters. The Hall–Kier alpha value is -0.920. The molecule has 2 heterocycles. The molecule has 1 atom stereocenters. The molecule has 1 aliphatic rings. The van der Waals surface area contributed by atoms with Crippen LogP contribution in [0.4, 0.5) is 0 Å². The van der Waals surface area contributed by atoms with Crippen molar-refractivity contribution in [2.75, 3.05) is 6.54 Å². The average molecular weight is 289 g/mol. The number of carboxylic acids is 1. The molecule has 0 radical (unpaired) electrons. The number of rotatable bonds is 3. The molecule has 1 saturated heterocycles. The van der Waals surface area contributed by atoms with E-state index in [1.54, 1.807) is 0 Å². The molecule has 0 bridgehead atoms. The summed E-state index contributed by atoms with van der Waals surface area (Å²) in [5.41, 5.74) is 0. The van der Waals surface area contributed by atoms with Crippen molar-refractivity contribution in [1.29, 1.82) is 0 Å². The van der Waals surface area contributed by atoms with E-state index in [1.165, 1.54) is 15.8 Å². The fourth-order valence-electron chi connectivity index (χ4n) is 2.21. The number of carboxylic acid groups (broad SMARTS) is 1. The minimum absolute atomic E-state index is 0.0645. The summed E-state index contributed by atoms with van der Waals surface area (Å²) in [6.45, 7) is 2.34. The van der Waals surface area contributed by atoms with Gasteiger partial charge in [0.15, 0.2) is 0 Å². The Morgan fingerprint density at radius 3 is 2.83 bits per heavy atom. The van der Waals surface area contributed by atoms with E-state index in [9.17, 15) is 13.2 Å². The molecular weight excluding hydrogens is 274 g/mol. The zero-order chi connectivity index (χ0) is 13.3. The third kappa shape index (κ3) is 2.30. The van der Waals surface area contributed by atoms with Crippen molar-refractivity contribution in [3.8, 4) is 0 Å². The largest absolute Gasteiger partial charge is 0.477 e. The van der Waals surface area contributed by atoms with Crippen molar-refractivity contribution >= 4 is 27.3 Å². The molecule has 1 fully saturated rings.